The summed E-state index contributed by atoms with van der Waals surface area (Å²) in [7, 11) is 0. The number of anilines is 1. The van der Waals surface area contributed by atoms with Crippen molar-refractivity contribution in [1.82, 2.24) is 4.98 Å². The molecule has 0 bridgehead atoms. The quantitative estimate of drug-likeness (QED) is 0.863. The molecule has 2 aromatic rings. The molecule has 0 aliphatic carbocycles. The van der Waals surface area contributed by atoms with E-state index in [-0.39, 0.29) is 16.9 Å². The van der Waals surface area contributed by atoms with Crippen LogP contribution in [-0.2, 0) is 4.79 Å². The first kappa shape index (κ1) is 13.4. The van der Waals surface area contributed by atoms with E-state index in [1.54, 1.807) is 24.5 Å². The summed E-state index contributed by atoms with van der Waals surface area (Å²) in [4.78, 5) is 29.8. The topological polar surface area (TPSA) is 70.5 Å². The third-order valence-electron chi connectivity index (χ3n) is 2.88. The highest BCUT2D eigenvalue weighted by atomic mass is 32.2. The lowest BCUT2D eigenvalue weighted by atomic mass is 10.2. The van der Waals surface area contributed by atoms with Gasteiger partial charge in [0.1, 0.15) is 5.75 Å². The highest BCUT2D eigenvalue weighted by molar-refractivity contribution is 8.19. The molecule has 2 heterocycles. The predicted octanol–water partition coefficient (Wildman–Crippen LogP) is 3.03. The van der Waals surface area contributed by atoms with Crippen molar-refractivity contribution in [2.24, 2.45) is 0 Å². The van der Waals surface area contributed by atoms with Crippen LogP contribution in [0.4, 0.5) is 10.5 Å². The van der Waals surface area contributed by atoms with Gasteiger partial charge in [-0.2, -0.15) is 0 Å². The first-order chi connectivity index (χ1) is 10.1. The largest absolute Gasteiger partial charge is 0.508 e. The SMILES string of the molecule is O=C1S/C(=C\c2cccnc2)C(=O)N1c1ccc(O)cc1. The van der Waals surface area contributed by atoms with Gasteiger partial charge in [-0.15, -0.1) is 0 Å². The number of amides is 2. The van der Waals surface area contributed by atoms with Crippen LogP contribution in [0.2, 0.25) is 0 Å². The molecule has 5 nitrogen and oxygen atoms in total. The Hall–Kier alpha value is -2.60. The molecule has 0 atom stereocenters. The zero-order valence-corrected chi connectivity index (χ0v) is 11.6. The number of carbonyl (C=O) groups is 2. The lowest BCUT2D eigenvalue weighted by molar-refractivity contribution is -0.113. The number of pyridine rings is 1. The summed E-state index contributed by atoms with van der Waals surface area (Å²) >= 11 is 0.884. The molecular weight excluding hydrogens is 288 g/mol. The number of carbonyl (C=O) groups excluding carboxylic acids is 2. The number of aromatic hydroxyl groups is 1. The van der Waals surface area contributed by atoms with Crippen LogP contribution in [0, 0.1) is 0 Å². The molecule has 1 aliphatic rings. The molecule has 1 aliphatic heterocycles. The highest BCUT2D eigenvalue weighted by Gasteiger charge is 2.36. The minimum atomic E-state index is -0.375. The molecular formula is C15H10N2O3S. The van der Waals surface area contributed by atoms with E-state index < -0.39 is 0 Å². The summed E-state index contributed by atoms with van der Waals surface area (Å²) < 4.78 is 0. The highest BCUT2D eigenvalue weighted by Crippen LogP contribution is 2.35. The Morgan fingerprint density at radius 1 is 1.14 bits per heavy atom. The predicted molar refractivity (Wildman–Crippen MR) is 80.8 cm³/mol. The second-order valence-electron chi connectivity index (χ2n) is 4.32. The van der Waals surface area contributed by atoms with Crippen molar-refractivity contribution in [3.8, 4) is 5.75 Å². The molecule has 1 saturated heterocycles. The molecule has 2 amide bonds. The zero-order valence-electron chi connectivity index (χ0n) is 10.8. The number of hydrogen-bond acceptors (Lipinski definition) is 5. The van der Waals surface area contributed by atoms with Crippen molar-refractivity contribution < 1.29 is 14.7 Å². The molecule has 1 fully saturated rings. The molecule has 0 radical (unpaired) electrons. The Bertz CT molecular complexity index is 726. The maximum Gasteiger partial charge on any atom is 0.298 e. The Morgan fingerprint density at radius 2 is 1.90 bits per heavy atom. The van der Waals surface area contributed by atoms with Gasteiger partial charge in [0.05, 0.1) is 10.6 Å². The molecule has 1 aromatic carbocycles. The van der Waals surface area contributed by atoms with Gasteiger partial charge in [0.15, 0.2) is 0 Å². The standard InChI is InChI=1S/C15H10N2O3S/c18-12-5-3-11(4-6-12)17-14(19)13(21-15(17)20)8-10-2-1-7-16-9-10/h1-9,18H/b13-8-. The number of phenolic OH excluding ortho intramolecular Hbond substituents is 1. The van der Waals surface area contributed by atoms with Gasteiger partial charge >= 0.3 is 0 Å². The molecule has 0 saturated carbocycles. The van der Waals surface area contributed by atoms with Crippen molar-refractivity contribution in [2.45, 2.75) is 0 Å². The van der Waals surface area contributed by atoms with Gasteiger partial charge in [-0.3, -0.25) is 14.6 Å². The van der Waals surface area contributed by atoms with Crippen LogP contribution in [0.15, 0.2) is 53.7 Å². The average molecular weight is 298 g/mol. The first-order valence-electron chi connectivity index (χ1n) is 6.12. The second-order valence-corrected chi connectivity index (χ2v) is 5.31. The van der Waals surface area contributed by atoms with E-state index in [4.69, 9.17) is 0 Å². The lowest BCUT2D eigenvalue weighted by Gasteiger charge is -2.12. The molecule has 104 valence electrons. The van der Waals surface area contributed by atoms with Gasteiger partial charge in [0, 0.05) is 12.4 Å². The summed E-state index contributed by atoms with van der Waals surface area (Å²) in [5, 5.41) is 8.91. The maximum absolute atomic E-state index is 12.3. The van der Waals surface area contributed by atoms with Gasteiger partial charge in [-0.25, -0.2) is 4.90 Å². The fourth-order valence-corrected chi connectivity index (χ4v) is 2.75. The molecule has 1 aromatic heterocycles. The van der Waals surface area contributed by atoms with Crippen LogP contribution in [0.3, 0.4) is 0 Å². The maximum atomic E-state index is 12.3. The summed E-state index contributed by atoms with van der Waals surface area (Å²) in [6, 6.07) is 9.49. The molecule has 3 rings (SSSR count). The van der Waals surface area contributed by atoms with Crippen LogP contribution in [0.5, 0.6) is 5.75 Å². The van der Waals surface area contributed by atoms with Crippen molar-refractivity contribution in [2.75, 3.05) is 4.90 Å². The fraction of sp³-hybridized carbons (Fsp3) is 0. The number of aromatic nitrogens is 1. The number of imide groups is 1. The zero-order chi connectivity index (χ0) is 14.8. The van der Waals surface area contributed by atoms with Crippen LogP contribution in [0.25, 0.3) is 6.08 Å². The van der Waals surface area contributed by atoms with Gasteiger partial charge < -0.3 is 5.11 Å². The summed E-state index contributed by atoms with van der Waals surface area (Å²) in [5.74, 6) is -0.295. The smallest absolute Gasteiger partial charge is 0.298 e. The van der Waals surface area contributed by atoms with Crippen molar-refractivity contribution in [3.63, 3.8) is 0 Å². The van der Waals surface area contributed by atoms with Crippen molar-refractivity contribution in [3.05, 3.63) is 59.3 Å². The molecule has 0 unspecified atom stereocenters. The Morgan fingerprint density at radius 3 is 2.57 bits per heavy atom. The van der Waals surface area contributed by atoms with E-state index in [0.717, 1.165) is 22.2 Å². The van der Waals surface area contributed by atoms with Gasteiger partial charge in [0.2, 0.25) is 0 Å². The number of hydrogen-bond donors (Lipinski definition) is 1. The Labute approximate surface area is 124 Å². The van der Waals surface area contributed by atoms with E-state index >= 15 is 0 Å². The number of rotatable bonds is 2. The monoisotopic (exact) mass is 298 g/mol. The van der Waals surface area contributed by atoms with Gasteiger partial charge in [-0.1, -0.05) is 6.07 Å². The van der Waals surface area contributed by atoms with Crippen molar-refractivity contribution >= 4 is 34.7 Å². The molecule has 6 heteroatoms. The third-order valence-corrected chi connectivity index (χ3v) is 3.75. The van der Waals surface area contributed by atoms with E-state index in [0.29, 0.717) is 10.6 Å². The normalized spacial score (nSPS) is 16.8. The number of phenols is 1. The fourth-order valence-electron chi connectivity index (χ4n) is 1.90. The summed E-state index contributed by atoms with van der Waals surface area (Å²) in [6.07, 6.45) is 4.90. The number of nitrogens with zero attached hydrogens (tertiary/aromatic N) is 2. The lowest BCUT2D eigenvalue weighted by Crippen LogP contribution is -2.27. The van der Waals surface area contributed by atoms with Gasteiger partial charge in [-0.05, 0) is 53.7 Å². The second kappa shape index (κ2) is 5.41. The molecule has 21 heavy (non-hydrogen) atoms. The van der Waals surface area contributed by atoms with Crippen LogP contribution < -0.4 is 4.90 Å². The summed E-state index contributed by atoms with van der Waals surface area (Å²) in [5.41, 5.74) is 1.19. The van der Waals surface area contributed by atoms with Crippen LogP contribution in [-0.4, -0.2) is 21.2 Å². The van der Waals surface area contributed by atoms with Crippen LogP contribution >= 0.6 is 11.8 Å². The van der Waals surface area contributed by atoms with Gasteiger partial charge in [0.25, 0.3) is 11.1 Å². The molecule has 0 spiro atoms. The van der Waals surface area contributed by atoms with E-state index in [9.17, 15) is 14.7 Å². The number of benzene rings is 1. The minimum absolute atomic E-state index is 0.0802. The first-order valence-corrected chi connectivity index (χ1v) is 6.94. The Balaban J connectivity index is 1.92. The van der Waals surface area contributed by atoms with E-state index in [1.807, 2.05) is 6.07 Å². The number of thioether (sulfide) groups is 1. The van der Waals surface area contributed by atoms with Crippen LogP contribution in [0.1, 0.15) is 5.56 Å². The third kappa shape index (κ3) is 2.66. The minimum Gasteiger partial charge on any atom is -0.508 e. The molecule has 1 N–H and O–H groups in total. The summed E-state index contributed by atoms with van der Waals surface area (Å²) in [6.45, 7) is 0. The van der Waals surface area contributed by atoms with E-state index in [2.05, 4.69) is 4.98 Å². The average Bonchev–Trinajstić information content (AvgIpc) is 2.76. The van der Waals surface area contributed by atoms with E-state index in [1.165, 1.54) is 24.3 Å². The van der Waals surface area contributed by atoms with Crippen molar-refractivity contribution in [1.29, 1.82) is 0 Å². The Kier molecular flexibility index (Phi) is 3.45.